The van der Waals surface area contributed by atoms with Gasteiger partial charge < -0.3 is 15.4 Å². The zero-order valence-corrected chi connectivity index (χ0v) is 23.6. The molecule has 0 saturated heterocycles. The van der Waals surface area contributed by atoms with E-state index in [1.807, 2.05) is 6.92 Å². The van der Waals surface area contributed by atoms with Crippen LogP contribution in [-0.4, -0.2) is 55.0 Å². The number of rotatable bonds is 8. The lowest BCUT2D eigenvalue weighted by Gasteiger charge is -2.38. The number of aromatic nitrogens is 3. The summed E-state index contributed by atoms with van der Waals surface area (Å²) in [6, 6.07) is 0.828. The first-order valence-corrected chi connectivity index (χ1v) is 13.9. The minimum Gasteiger partial charge on any atom is -0.496 e. The van der Waals surface area contributed by atoms with Crippen LogP contribution in [0, 0.1) is 17.8 Å². The number of anilines is 1. The highest BCUT2D eigenvalue weighted by Gasteiger charge is 2.50. The average Bonchev–Trinajstić information content (AvgIpc) is 3.21. The first kappa shape index (κ1) is 30.9. The van der Waals surface area contributed by atoms with Gasteiger partial charge in [0, 0.05) is 31.4 Å². The molecule has 9 nitrogen and oxygen atoms in total. The van der Waals surface area contributed by atoms with Crippen molar-refractivity contribution in [3.8, 4) is 17.0 Å². The number of hydrogen-bond acceptors (Lipinski definition) is 7. The minimum absolute atomic E-state index is 0.104. The first-order valence-electron chi connectivity index (χ1n) is 12.9. The topological polar surface area (TPSA) is 115 Å². The van der Waals surface area contributed by atoms with Crippen LogP contribution in [0.15, 0.2) is 12.3 Å². The molecule has 0 radical (unpaired) electrons. The summed E-state index contributed by atoms with van der Waals surface area (Å²) in [5.41, 5.74) is 1.11. The minimum atomic E-state index is -4.24. The van der Waals surface area contributed by atoms with Gasteiger partial charge in [0.25, 0.3) is 5.91 Å². The van der Waals surface area contributed by atoms with Crippen LogP contribution in [0.1, 0.15) is 62.9 Å². The molecule has 14 heteroatoms. The van der Waals surface area contributed by atoms with Crippen LogP contribution in [-0.2, 0) is 18.1 Å². The third kappa shape index (κ3) is 7.50. The van der Waals surface area contributed by atoms with E-state index >= 15 is 0 Å². The van der Waals surface area contributed by atoms with Crippen LogP contribution in [0.2, 0.25) is 5.02 Å². The van der Waals surface area contributed by atoms with Gasteiger partial charge in [0.15, 0.2) is 5.69 Å². The molecule has 2 aliphatic rings. The number of halogens is 4. The second-order valence-electron chi connectivity index (χ2n) is 9.98. The molecule has 2 N–H and O–H groups in total. The van der Waals surface area contributed by atoms with E-state index in [1.54, 1.807) is 10.7 Å². The predicted octanol–water partition coefficient (Wildman–Crippen LogP) is 5.27. The van der Waals surface area contributed by atoms with E-state index in [9.17, 15) is 18.0 Å². The Balaban J connectivity index is 0.00000134. The SMILES string of the molecule is CCn1nc(C(=O)NCC2CCC(C)CC2)c(Cl)c1-c1cnc(NC2CCC2C(F)(F)F)cc1OC.O=S=O. The van der Waals surface area contributed by atoms with E-state index in [0.29, 0.717) is 42.4 Å². The number of amides is 1. The summed E-state index contributed by atoms with van der Waals surface area (Å²) in [7, 11) is 1.46. The second kappa shape index (κ2) is 13.6. The second-order valence-corrected chi connectivity index (χ2v) is 10.5. The largest absolute Gasteiger partial charge is 0.496 e. The van der Waals surface area contributed by atoms with Gasteiger partial charge in [0.05, 0.1) is 29.3 Å². The Morgan fingerprint density at radius 1 is 1.21 bits per heavy atom. The zero-order valence-electron chi connectivity index (χ0n) is 22.0. The lowest BCUT2D eigenvalue weighted by Crippen LogP contribution is -2.46. The number of methoxy groups -OCH3 is 1. The summed E-state index contributed by atoms with van der Waals surface area (Å²) in [6.45, 7) is 5.16. The fourth-order valence-corrected chi connectivity index (χ4v) is 5.37. The van der Waals surface area contributed by atoms with Crippen molar-refractivity contribution in [3.05, 3.63) is 23.0 Å². The Bertz CT molecular complexity index is 1180. The molecular formula is C25H33ClF3N5O4S. The van der Waals surface area contributed by atoms with Crippen LogP contribution >= 0.6 is 11.6 Å². The zero-order chi connectivity index (χ0) is 28.7. The molecule has 2 saturated carbocycles. The van der Waals surface area contributed by atoms with Gasteiger partial charge in [0.2, 0.25) is 0 Å². The number of carbonyl (C=O) groups excluding carboxylic acids is 1. The molecule has 2 aliphatic carbocycles. The molecule has 2 fully saturated rings. The average molecular weight is 592 g/mol. The first-order chi connectivity index (χ1) is 18.5. The third-order valence-corrected chi connectivity index (χ3v) is 7.82. The smallest absolute Gasteiger partial charge is 0.393 e. The van der Waals surface area contributed by atoms with Crippen LogP contribution in [0.5, 0.6) is 5.75 Å². The summed E-state index contributed by atoms with van der Waals surface area (Å²) in [4.78, 5) is 17.3. The van der Waals surface area contributed by atoms with Crippen LogP contribution in [0.4, 0.5) is 19.0 Å². The third-order valence-electron chi connectivity index (χ3n) is 7.47. The maximum absolute atomic E-state index is 13.1. The van der Waals surface area contributed by atoms with Gasteiger partial charge in [-0.05, 0) is 44.4 Å². The lowest BCUT2D eigenvalue weighted by molar-refractivity contribution is -0.196. The number of ether oxygens (including phenoxy) is 1. The maximum atomic E-state index is 13.1. The van der Waals surface area contributed by atoms with Crippen molar-refractivity contribution >= 4 is 34.9 Å². The number of nitrogens with zero attached hydrogens (tertiary/aromatic N) is 3. The van der Waals surface area contributed by atoms with Gasteiger partial charge in [-0.2, -0.15) is 26.7 Å². The van der Waals surface area contributed by atoms with Crippen molar-refractivity contribution < 1.29 is 31.1 Å². The normalized spacial score (nSPS) is 22.6. The molecule has 0 bridgehead atoms. The highest BCUT2D eigenvalue weighted by atomic mass is 35.5. The van der Waals surface area contributed by atoms with E-state index in [2.05, 4.69) is 27.6 Å². The Labute approximate surface area is 233 Å². The molecule has 0 aliphatic heterocycles. The highest BCUT2D eigenvalue weighted by molar-refractivity contribution is 7.51. The van der Waals surface area contributed by atoms with Crippen molar-refractivity contribution in [2.75, 3.05) is 19.0 Å². The van der Waals surface area contributed by atoms with E-state index in [4.69, 9.17) is 24.8 Å². The maximum Gasteiger partial charge on any atom is 0.393 e. The Hall–Kier alpha value is -2.67. The van der Waals surface area contributed by atoms with E-state index in [1.165, 1.54) is 26.1 Å². The van der Waals surface area contributed by atoms with Crippen molar-refractivity contribution in [2.45, 2.75) is 71.1 Å². The molecule has 2 atom stereocenters. The highest BCUT2D eigenvalue weighted by Crippen LogP contribution is 2.43. The number of nitrogens with one attached hydrogen (secondary N) is 2. The molecule has 2 heterocycles. The fourth-order valence-electron chi connectivity index (χ4n) is 5.04. The number of aryl methyl sites for hydroxylation is 1. The lowest BCUT2D eigenvalue weighted by atomic mass is 9.79. The van der Waals surface area contributed by atoms with Crippen molar-refractivity contribution in [1.82, 2.24) is 20.1 Å². The van der Waals surface area contributed by atoms with Gasteiger partial charge in [0.1, 0.15) is 11.6 Å². The molecule has 4 rings (SSSR count). The molecule has 216 valence electrons. The Kier molecular flexibility index (Phi) is 10.8. The van der Waals surface area contributed by atoms with Gasteiger partial charge in [-0.15, -0.1) is 0 Å². The number of pyridine rings is 1. The molecular weight excluding hydrogens is 559 g/mol. The molecule has 39 heavy (non-hydrogen) atoms. The standard InChI is InChI=1S/C25H33ClF3N5O2.O2S/c1-4-34-23(21(26)22(33-34)24(35)31-12-15-7-5-14(2)6-8-15)16-13-30-20(11-19(16)36-3)32-18-10-9-17(18)25(27,28)29;1-3-2/h11,13-15,17-18H,4-10,12H2,1-3H3,(H,30,32)(H,31,35);. The monoisotopic (exact) mass is 591 g/mol. The van der Waals surface area contributed by atoms with Gasteiger partial charge in [-0.3, -0.25) is 9.48 Å². The van der Waals surface area contributed by atoms with E-state index in [-0.39, 0.29) is 28.9 Å². The fraction of sp³-hybridized carbons (Fsp3) is 0.640. The van der Waals surface area contributed by atoms with Gasteiger partial charge >= 0.3 is 17.7 Å². The van der Waals surface area contributed by atoms with Crippen LogP contribution < -0.4 is 15.4 Å². The predicted molar refractivity (Wildman–Crippen MR) is 141 cm³/mol. The summed E-state index contributed by atoms with van der Waals surface area (Å²) in [5.74, 6) is 0.121. The summed E-state index contributed by atoms with van der Waals surface area (Å²) >= 11 is 5.91. The van der Waals surface area contributed by atoms with E-state index < -0.39 is 29.7 Å². The van der Waals surface area contributed by atoms with Crippen LogP contribution in [0.3, 0.4) is 0 Å². The number of alkyl halides is 3. The Morgan fingerprint density at radius 2 is 1.87 bits per heavy atom. The molecule has 0 aromatic carbocycles. The summed E-state index contributed by atoms with van der Waals surface area (Å²) in [5, 5.41) is 10.5. The van der Waals surface area contributed by atoms with Crippen molar-refractivity contribution in [3.63, 3.8) is 0 Å². The van der Waals surface area contributed by atoms with Crippen LogP contribution in [0.25, 0.3) is 11.3 Å². The quantitative estimate of drug-likeness (QED) is 0.430. The number of hydrogen-bond donors (Lipinski definition) is 2. The summed E-state index contributed by atoms with van der Waals surface area (Å²) < 4.78 is 63.1. The van der Waals surface area contributed by atoms with E-state index in [0.717, 1.165) is 18.8 Å². The van der Waals surface area contributed by atoms with Crippen molar-refractivity contribution in [1.29, 1.82) is 0 Å². The molecule has 2 unspecified atom stereocenters. The molecule has 1 amide bonds. The summed E-state index contributed by atoms with van der Waals surface area (Å²) in [6.07, 6.45) is 2.30. The molecule has 2 aromatic heterocycles. The van der Waals surface area contributed by atoms with Gasteiger partial charge in [-0.25, -0.2) is 4.98 Å². The van der Waals surface area contributed by atoms with Gasteiger partial charge in [-0.1, -0.05) is 31.4 Å². The number of carbonyl (C=O) groups is 1. The van der Waals surface area contributed by atoms with Crippen molar-refractivity contribution in [2.24, 2.45) is 17.8 Å². The Morgan fingerprint density at radius 3 is 2.41 bits per heavy atom. The molecule has 0 spiro atoms. The molecule has 2 aromatic rings.